The van der Waals surface area contributed by atoms with Gasteiger partial charge in [-0.05, 0) is 56.6 Å². The molecule has 0 unspecified atom stereocenters. The largest absolute Gasteiger partial charge is 0.336 e. The van der Waals surface area contributed by atoms with Gasteiger partial charge >= 0.3 is 0 Å². The van der Waals surface area contributed by atoms with E-state index in [-0.39, 0.29) is 5.91 Å². The number of aromatic nitrogens is 3. The zero-order valence-electron chi connectivity index (χ0n) is 15.5. The summed E-state index contributed by atoms with van der Waals surface area (Å²) < 4.78 is 3.29. The van der Waals surface area contributed by atoms with E-state index in [0.717, 1.165) is 21.6 Å². The quantitative estimate of drug-likeness (QED) is 0.587. The molecule has 2 aliphatic carbocycles. The molecule has 5 rings (SSSR count). The van der Waals surface area contributed by atoms with Crippen molar-refractivity contribution < 1.29 is 4.79 Å². The normalized spacial score (nSPS) is 23.1. The van der Waals surface area contributed by atoms with Gasteiger partial charge in [0.25, 0.3) is 0 Å². The smallest absolute Gasteiger partial charge is 0.233 e. The second-order valence-corrected chi connectivity index (χ2v) is 9.86. The molecule has 5 nitrogen and oxygen atoms in total. The summed E-state index contributed by atoms with van der Waals surface area (Å²) in [5.74, 6) is 1.54. The Morgan fingerprint density at radius 1 is 1.15 bits per heavy atom. The SMILES string of the molecule is CC1CCC(N(C(=O)CSc2nnc3sc4ccccc4n23)C2CC2)CC1. The van der Waals surface area contributed by atoms with Crippen LogP contribution in [0.15, 0.2) is 29.4 Å². The van der Waals surface area contributed by atoms with Gasteiger partial charge in [0, 0.05) is 12.1 Å². The molecule has 27 heavy (non-hydrogen) atoms. The first kappa shape index (κ1) is 17.5. The highest BCUT2D eigenvalue weighted by molar-refractivity contribution is 7.99. The van der Waals surface area contributed by atoms with Crippen molar-refractivity contribution in [2.45, 2.75) is 62.7 Å². The van der Waals surface area contributed by atoms with Crippen molar-refractivity contribution in [2.24, 2.45) is 5.92 Å². The summed E-state index contributed by atoms with van der Waals surface area (Å²) in [6, 6.07) is 9.20. The summed E-state index contributed by atoms with van der Waals surface area (Å²) in [7, 11) is 0. The Morgan fingerprint density at radius 2 is 1.85 bits per heavy atom. The minimum absolute atomic E-state index is 0.276. The lowest BCUT2D eigenvalue weighted by Gasteiger charge is -2.36. The first-order chi connectivity index (χ1) is 13.2. The molecule has 0 aliphatic heterocycles. The summed E-state index contributed by atoms with van der Waals surface area (Å²) in [4.78, 5) is 16.2. The van der Waals surface area contributed by atoms with Gasteiger partial charge in [0.1, 0.15) is 0 Å². The molecule has 3 aromatic rings. The molecule has 2 saturated carbocycles. The van der Waals surface area contributed by atoms with Gasteiger partial charge in [-0.2, -0.15) is 0 Å². The lowest BCUT2D eigenvalue weighted by molar-refractivity contribution is -0.132. The highest BCUT2D eigenvalue weighted by atomic mass is 32.2. The number of carbonyl (C=O) groups is 1. The monoisotopic (exact) mass is 400 g/mol. The number of rotatable bonds is 5. The minimum Gasteiger partial charge on any atom is -0.336 e. The van der Waals surface area contributed by atoms with Gasteiger partial charge in [0.15, 0.2) is 5.16 Å². The third-order valence-corrected chi connectivity index (χ3v) is 7.77. The zero-order valence-corrected chi connectivity index (χ0v) is 17.1. The molecule has 7 heteroatoms. The van der Waals surface area contributed by atoms with E-state index >= 15 is 0 Å². The number of amides is 1. The molecule has 2 heterocycles. The number of carbonyl (C=O) groups excluding carboxylic acids is 1. The van der Waals surface area contributed by atoms with Crippen molar-refractivity contribution in [2.75, 3.05) is 5.75 Å². The standard InChI is InChI=1S/C20H24N4OS2/c1-13-6-8-14(9-7-13)23(15-10-11-15)18(25)12-26-19-21-22-20-24(19)16-4-2-3-5-17(16)27-20/h2-5,13-15H,6-12H2,1H3. The van der Waals surface area contributed by atoms with Crippen LogP contribution in [-0.2, 0) is 4.79 Å². The highest BCUT2D eigenvalue weighted by Crippen LogP contribution is 2.36. The fourth-order valence-corrected chi connectivity index (χ4v) is 6.07. The van der Waals surface area contributed by atoms with Crippen molar-refractivity contribution in [1.82, 2.24) is 19.5 Å². The van der Waals surface area contributed by atoms with Crippen molar-refractivity contribution in [3.8, 4) is 0 Å². The van der Waals surface area contributed by atoms with Crippen LogP contribution in [0.3, 0.4) is 0 Å². The van der Waals surface area contributed by atoms with Crippen molar-refractivity contribution in [1.29, 1.82) is 0 Å². The van der Waals surface area contributed by atoms with E-state index in [2.05, 4.69) is 38.6 Å². The Morgan fingerprint density at radius 3 is 2.59 bits per heavy atom. The predicted molar refractivity (Wildman–Crippen MR) is 110 cm³/mol. The zero-order chi connectivity index (χ0) is 18.4. The van der Waals surface area contributed by atoms with Crippen LogP contribution in [0.4, 0.5) is 0 Å². The Balaban J connectivity index is 1.33. The molecule has 2 aromatic heterocycles. The second kappa shape index (κ2) is 7.09. The van der Waals surface area contributed by atoms with Crippen LogP contribution in [0.5, 0.6) is 0 Å². The maximum absolute atomic E-state index is 13.1. The fraction of sp³-hybridized carbons (Fsp3) is 0.550. The lowest BCUT2D eigenvalue weighted by atomic mass is 9.86. The minimum atomic E-state index is 0.276. The Labute approximate surface area is 167 Å². The topological polar surface area (TPSA) is 50.5 Å². The molecule has 1 aromatic carbocycles. The van der Waals surface area contributed by atoms with Gasteiger partial charge in [-0.3, -0.25) is 9.20 Å². The Kier molecular flexibility index (Phi) is 4.60. The van der Waals surface area contributed by atoms with Gasteiger partial charge in [-0.1, -0.05) is 42.2 Å². The molecule has 2 aliphatic rings. The molecule has 142 valence electrons. The second-order valence-electron chi connectivity index (χ2n) is 7.90. The van der Waals surface area contributed by atoms with E-state index in [1.54, 1.807) is 11.3 Å². The number of thiazole rings is 1. The molecular formula is C20H24N4OS2. The van der Waals surface area contributed by atoms with Crippen LogP contribution in [-0.4, -0.2) is 43.2 Å². The lowest BCUT2D eigenvalue weighted by Crippen LogP contribution is -2.44. The average molecular weight is 401 g/mol. The van der Waals surface area contributed by atoms with Crippen LogP contribution in [0.25, 0.3) is 15.2 Å². The number of hydrogen-bond donors (Lipinski definition) is 0. The van der Waals surface area contributed by atoms with E-state index in [4.69, 9.17) is 0 Å². The summed E-state index contributed by atoms with van der Waals surface area (Å²) in [5, 5.41) is 9.47. The number of nitrogens with zero attached hydrogens (tertiary/aromatic N) is 4. The first-order valence-electron chi connectivity index (χ1n) is 9.87. The number of benzene rings is 1. The number of thioether (sulfide) groups is 1. The summed E-state index contributed by atoms with van der Waals surface area (Å²) in [5.41, 5.74) is 1.12. The maximum Gasteiger partial charge on any atom is 0.233 e. The molecule has 1 amide bonds. The number of para-hydroxylation sites is 1. The molecule has 0 saturated heterocycles. The Hall–Kier alpha value is -1.60. The average Bonchev–Trinajstić information content (AvgIpc) is 3.32. The highest BCUT2D eigenvalue weighted by Gasteiger charge is 2.38. The maximum atomic E-state index is 13.1. The van der Waals surface area contributed by atoms with Gasteiger partial charge in [0.05, 0.1) is 16.0 Å². The molecule has 0 spiro atoms. The van der Waals surface area contributed by atoms with Crippen LogP contribution < -0.4 is 0 Å². The molecule has 0 radical (unpaired) electrons. The van der Waals surface area contributed by atoms with Gasteiger partial charge < -0.3 is 4.90 Å². The first-order valence-corrected chi connectivity index (χ1v) is 11.7. The number of fused-ring (bicyclic) bond motifs is 3. The van der Waals surface area contributed by atoms with Gasteiger partial charge in [-0.15, -0.1) is 10.2 Å². The molecular weight excluding hydrogens is 376 g/mol. The number of hydrogen-bond acceptors (Lipinski definition) is 5. The fourth-order valence-electron chi connectivity index (χ4n) is 4.23. The molecule has 0 N–H and O–H groups in total. The Bertz CT molecular complexity index is 969. The van der Waals surface area contributed by atoms with Crippen molar-refractivity contribution >= 4 is 44.2 Å². The third kappa shape index (κ3) is 3.36. The van der Waals surface area contributed by atoms with E-state index < -0.39 is 0 Å². The van der Waals surface area contributed by atoms with E-state index in [9.17, 15) is 4.79 Å². The van der Waals surface area contributed by atoms with Crippen molar-refractivity contribution in [3.05, 3.63) is 24.3 Å². The summed E-state index contributed by atoms with van der Waals surface area (Å²) >= 11 is 3.17. The third-order valence-electron chi connectivity index (χ3n) is 5.84. The van der Waals surface area contributed by atoms with Gasteiger partial charge in [0.2, 0.25) is 10.9 Å². The summed E-state index contributed by atoms with van der Waals surface area (Å²) in [6.07, 6.45) is 7.18. The molecule has 0 atom stereocenters. The van der Waals surface area contributed by atoms with Crippen LogP contribution in [0.2, 0.25) is 0 Å². The predicted octanol–water partition coefficient (Wildman–Crippen LogP) is 4.61. The van der Waals surface area contributed by atoms with Gasteiger partial charge in [-0.25, -0.2) is 0 Å². The van der Waals surface area contributed by atoms with E-state index in [1.807, 2.05) is 12.1 Å². The molecule has 0 bridgehead atoms. The summed E-state index contributed by atoms with van der Waals surface area (Å²) in [6.45, 7) is 2.33. The molecule has 2 fully saturated rings. The van der Waals surface area contributed by atoms with Crippen molar-refractivity contribution in [3.63, 3.8) is 0 Å². The van der Waals surface area contributed by atoms with Crippen LogP contribution >= 0.6 is 23.1 Å². The van der Waals surface area contributed by atoms with Crippen LogP contribution in [0, 0.1) is 5.92 Å². The van der Waals surface area contributed by atoms with E-state index in [1.165, 1.54) is 55.0 Å². The van der Waals surface area contributed by atoms with Crippen LogP contribution in [0.1, 0.15) is 45.4 Å². The van der Waals surface area contributed by atoms with E-state index in [0.29, 0.717) is 17.8 Å².